The zero-order chi connectivity index (χ0) is 70.9. The first-order valence-electron chi connectivity index (χ1n) is 33.4. The summed E-state index contributed by atoms with van der Waals surface area (Å²) in [5.74, 6) is -9.12. The highest BCUT2D eigenvalue weighted by Gasteiger charge is 2.58. The van der Waals surface area contributed by atoms with Crippen LogP contribution in [0.5, 0.6) is 0 Å². The maximum absolute atomic E-state index is 13.6. The molecule has 0 N–H and O–H groups in total. The molecule has 7 rings (SSSR count). The zero-order valence-corrected chi connectivity index (χ0v) is 60.2. The number of hydrogen-bond donors (Lipinski definition) is 0. The van der Waals surface area contributed by atoms with E-state index in [9.17, 15) is 38.4 Å². The van der Waals surface area contributed by atoms with Gasteiger partial charge in [-0.3, -0.25) is 38.4 Å². The quantitative estimate of drug-likeness (QED) is 0.0641. The molecule has 0 aromatic carbocycles. The molecule has 0 aromatic rings. The molecule has 0 aliphatic carbocycles. The highest BCUT2D eigenvalue weighted by molar-refractivity contribution is 9.09. The average Bonchev–Trinajstić information content (AvgIpc) is 0.768. The zero-order valence-electron chi connectivity index (χ0n) is 58.6. The van der Waals surface area contributed by atoms with Crippen molar-refractivity contribution in [2.45, 2.75) is 260 Å². The second-order valence-electron chi connectivity index (χ2n) is 27.2. The molecule has 0 aromatic heterocycles. The first-order chi connectivity index (χ1) is 45.1. The van der Waals surface area contributed by atoms with Crippen LogP contribution in [-0.4, -0.2) is 222 Å². The Bertz CT molecular complexity index is 2610. The van der Waals surface area contributed by atoms with Gasteiger partial charge in [0.15, 0.2) is 74.4 Å². The van der Waals surface area contributed by atoms with Gasteiger partial charge in [0.1, 0.15) is 36.0 Å². The fourth-order valence-corrected chi connectivity index (χ4v) is 14.3. The number of rotatable bonds is 24. The average molecular weight is 1440 g/mol. The summed E-state index contributed by atoms with van der Waals surface area (Å²) in [7, 11) is 0. The van der Waals surface area contributed by atoms with Gasteiger partial charge in [-0.05, 0) is 23.7 Å². The van der Waals surface area contributed by atoms with Gasteiger partial charge in [0.25, 0.3) is 0 Å². The van der Waals surface area contributed by atoms with Crippen LogP contribution in [-0.2, 0) is 138 Å². The van der Waals surface area contributed by atoms with Crippen molar-refractivity contribution in [3.63, 3.8) is 0 Å². The minimum Gasteiger partial charge on any atom is -0.463 e. The maximum atomic E-state index is 13.6. The SMILES string of the molecule is CC(=O)OC[C@@H]1O[C@H](Br)C(OC(C)=O)C(C)[C@@H]1O[C@@H]1OC(CO[C@H]2OC[C@@H](C)[C@H](C)C2OC(C)=O)[C@@H](O[C@@H]2O[C@@H](CO[C@H]3OC[C@@H](C)C(C)C3OC(C)=O)[C@@H](O[C@@H]3OC(CO[C@H]4OC[C@@H](C)[C@H](C)C4OC(C)=O)[C@@H](C)[C@H](C)C3OC(C)=O)C(C)C2OC(C)=O)[C@H](C)C1OC(C)=O. The van der Waals surface area contributed by atoms with Gasteiger partial charge in [0, 0.05) is 96.8 Å². The molecule has 0 saturated carbocycles. The molecule has 96 heavy (non-hydrogen) atoms. The van der Waals surface area contributed by atoms with Gasteiger partial charge >= 0.3 is 47.8 Å². The smallest absolute Gasteiger partial charge is 0.303 e. The summed E-state index contributed by atoms with van der Waals surface area (Å²) >= 11 is 3.48. The van der Waals surface area contributed by atoms with Crippen LogP contribution < -0.4 is 0 Å². The number of hydrogen-bond acceptors (Lipinski definition) is 29. The van der Waals surface area contributed by atoms with Crippen LogP contribution in [0, 0.1) is 65.1 Å². The Morgan fingerprint density at radius 3 is 0.865 bits per heavy atom. The molecule has 0 amide bonds. The molecular weight excluding hydrogens is 1340 g/mol. The van der Waals surface area contributed by atoms with E-state index < -0.39 is 206 Å². The van der Waals surface area contributed by atoms with Crippen molar-refractivity contribution in [2.75, 3.05) is 46.2 Å². The number of esters is 8. The van der Waals surface area contributed by atoms with E-state index in [-0.39, 0.29) is 74.5 Å². The topological polar surface area (TPSA) is 330 Å². The molecule has 548 valence electrons. The van der Waals surface area contributed by atoms with E-state index in [0.29, 0.717) is 6.61 Å². The molecule has 7 aliphatic heterocycles. The third-order valence-corrected chi connectivity index (χ3v) is 20.5. The van der Waals surface area contributed by atoms with Crippen molar-refractivity contribution in [1.82, 2.24) is 0 Å². The first-order valence-corrected chi connectivity index (χ1v) is 34.3. The summed E-state index contributed by atoms with van der Waals surface area (Å²) in [5, 5.41) is -0.884. The van der Waals surface area contributed by atoms with Crippen molar-refractivity contribution in [1.29, 1.82) is 0 Å². The maximum Gasteiger partial charge on any atom is 0.303 e. The number of halogens is 1. The van der Waals surface area contributed by atoms with Gasteiger partial charge in [0.2, 0.25) is 0 Å². The molecule has 30 heteroatoms. The summed E-state index contributed by atoms with van der Waals surface area (Å²) in [6.45, 7) is 30.3. The Morgan fingerprint density at radius 1 is 0.292 bits per heavy atom. The summed E-state index contributed by atoms with van der Waals surface area (Å²) in [4.78, 5) is 102. The highest BCUT2D eigenvalue weighted by atomic mass is 79.9. The van der Waals surface area contributed by atoms with Gasteiger partial charge in [-0.1, -0.05) is 92.1 Å². The lowest BCUT2D eigenvalue weighted by Crippen LogP contribution is -2.65. The monoisotopic (exact) mass is 1440 g/mol. The lowest BCUT2D eigenvalue weighted by molar-refractivity contribution is -0.379. The standard InChI is InChI=1S/C66H103BrO29/c1-27-20-77-61(54(30(27)4)84-40(14)70)80-23-46-33(7)34(8)57(87-43(17)73)64(91-46)95-51-36(10)59(89-45(19)75)66(93-48(51)25-81-62-55(85-41(15)71)31(5)28(2)21-78-62)96-52-37(11)58(88-44(18)74)65(92-49(52)26-82-63-56(86-42(16)72)32(6)29(3)22-79-63)94-50-35(9)53(83-39(13)69)60(67)90-47(50)24-76-38(12)68/h27-37,46-66H,20-26H2,1-19H3/t27-,28-,29-,30+,31?,32+,33+,34+,35?,36?,37+,46?,47+,48+,49?,50+,51+,52+,53?,54?,55?,56?,57?,58?,59?,60+,61-,62-,63-,64+,65+,66+/m1/s1. The second-order valence-corrected chi connectivity index (χ2v) is 28.1. The number of carbonyl (C=O) groups is 8. The second kappa shape index (κ2) is 35.4. The van der Waals surface area contributed by atoms with E-state index in [2.05, 4.69) is 15.9 Å². The fraction of sp³-hybridized carbons (Fsp3) is 0.879. The van der Waals surface area contributed by atoms with E-state index in [1.165, 1.54) is 55.4 Å². The number of alkyl halides is 1. The van der Waals surface area contributed by atoms with Crippen molar-refractivity contribution >= 4 is 63.7 Å². The first kappa shape index (κ1) is 79.1. The highest BCUT2D eigenvalue weighted by Crippen LogP contribution is 2.44. The molecular formula is C66H103BrO29. The third-order valence-electron chi connectivity index (χ3n) is 19.8. The van der Waals surface area contributed by atoms with Crippen molar-refractivity contribution in [2.24, 2.45) is 65.1 Å². The Labute approximate surface area is 570 Å². The molecule has 7 saturated heterocycles. The van der Waals surface area contributed by atoms with Crippen molar-refractivity contribution in [3.8, 4) is 0 Å². The summed E-state index contributed by atoms with van der Waals surface area (Å²) in [5.41, 5.74) is 0. The number of ether oxygens (including phenoxy) is 21. The number of carbonyl (C=O) groups excluding carboxylic acids is 8. The molecule has 12 unspecified atom stereocenters. The fourth-order valence-electron chi connectivity index (χ4n) is 13.4. The predicted molar refractivity (Wildman–Crippen MR) is 332 cm³/mol. The van der Waals surface area contributed by atoms with Gasteiger partial charge in [-0.15, -0.1) is 0 Å². The normalized spacial score (nSPS) is 42.7. The van der Waals surface area contributed by atoms with E-state index in [1.807, 2.05) is 55.4 Å². The van der Waals surface area contributed by atoms with E-state index in [4.69, 9.17) is 99.5 Å². The van der Waals surface area contributed by atoms with Crippen LogP contribution in [0.3, 0.4) is 0 Å². The van der Waals surface area contributed by atoms with Gasteiger partial charge in [-0.25, -0.2) is 0 Å². The molecule has 0 bridgehead atoms. The van der Waals surface area contributed by atoms with Gasteiger partial charge < -0.3 is 99.5 Å². The summed E-state index contributed by atoms with van der Waals surface area (Å²) in [6, 6.07) is 0. The van der Waals surface area contributed by atoms with E-state index >= 15 is 0 Å². The van der Waals surface area contributed by atoms with E-state index in [1.54, 1.807) is 20.8 Å². The summed E-state index contributed by atoms with van der Waals surface area (Å²) < 4.78 is 133. The molecule has 0 radical (unpaired) electrons. The third kappa shape index (κ3) is 20.3. The largest absolute Gasteiger partial charge is 0.463 e. The molecule has 7 heterocycles. The molecule has 0 spiro atoms. The van der Waals surface area contributed by atoms with Gasteiger partial charge in [0.05, 0.1) is 64.1 Å². The minimum absolute atomic E-state index is 0.0480. The molecule has 7 aliphatic rings. The van der Waals surface area contributed by atoms with Crippen LogP contribution in [0.25, 0.3) is 0 Å². The summed E-state index contributed by atoms with van der Waals surface area (Å²) in [6.07, 6.45) is -22.8. The minimum atomic E-state index is -1.58. The lowest BCUT2D eigenvalue weighted by Gasteiger charge is -2.51. The van der Waals surface area contributed by atoms with Crippen LogP contribution >= 0.6 is 15.9 Å². The van der Waals surface area contributed by atoms with E-state index in [0.717, 1.165) is 0 Å². The Hall–Kier alpha value is -4.28. The molecule has 7 fully saturated rings. The Morgan fingerprint density at radius 2 is 0.552 bits per heavy atom. The van der Waals surface area contributed by atoms with Crippen LogP contribution in [0.4, 0.5) is 0 Å². The van der Waals surface area contributed by atoms with Crippen LogP contribution in [0.1, 0.15) is 132 Å². The Balaban J connectivity index is 1.29. The van der Waals surface area contributed by atoms with Crippen LogP contribution in [0.15, 0.2) is 0 Å². The predicted octanol–water partition coefficient (Wildman–Crippen LogP) is 5.64. The molecule has 32 atom stereocenters. The Kier molecular flexibility index (Phi) is 29.1. The molecule has 29 nitrogen and oxygen atoms in total. The van der Waals surface area contributed by atoms with Crippen molar-refractivity contribution in [3.05, 3.63) is 0 Å². The lowest BCUT2D eigenvalue weighted by atomic mass is 9.83. The van der Waals surface area contributed by atoms with Gasteiger partial charge in [-0.2, -0.15) is 0 Å². The van der Waals surface area contributed by atoms with Crippen molar-refractivity contribution < 1.29 is 138 Å². The van der Waals surface area contributed by atoms with Crippen LogP contribution in [0.2, 0.25) is 0 Å².